The van der Waals surface area contributed by atoms with Crippen molar-refractivity contribution >= 4 is 52.0 Å². The van der Waals surface area contributed by atoms with E-state index < -0.39 is 42.0 Å². The summed E-state index contributed by atoms with van der Waals surface area (Å²) in [6.45, 7) is 0.165. The summed E-state index contributed by atoms with van der Waals surface area (Å²) < 4.78 is 5.49. The molecule has 38 heavy (non-hydrogen) atoms. The van der Waals surface area contributed by atoms with E-state index in [9.17, 15) is 24.0 Å². The Bertz CT molecular complexity index is 1320. The number of furan rings is 1. The monoisotopic (exact) mass is 538 g/mol. The van der Waals surface area contributed by atoms with Gasteiger partial charge in [0.1, 0.15) is 5.58 Å². The number of amides is 4. The first kappa shape index (κ1) is 26.9. The summed E-state index contributed by atoms with van der Waals surface area (Å²) in [7, 11) is 0. The minimum atomic E-state index is -1.25. The number of rotatable bonds is 10. The Balaban J connectivity index is 1.37. The maximum Gasteiger partial charge on any atom is 0.289 e. The molecule has 1 aliphatic heterocycles. The maximum atomic E-state index is 13.0. The van der Waals surface area contributed by atoms with Crippen LogP contribution in [-0.2, 0) is 25.7 Å². The molecule has 198 valence electrons. The van der Waals surface area contributed by atoms with Crippen LogP contribution >= 0.6 is 11.6 Å². The van der Waals surface area contributed by atoms with Gasteiger partial charge in [0.05, 0.1) is 12.6 Å². The molecule has 10 nitrogen and oxygen atoms in total. The van der Waals surface area contributed by atoms with Crippen LogP contribution in [0.4, 0.5) is 0 Å². The van der Waals surface area contributed by atoms with Gasteiger partial charge in [-0.15, -0.1) is 0 Å². The smallest absolute Gasteiger partial charge is 0.289 e. The molecule has 0 saturated carbocycles. The van der Waals surface area contributed by atoms with Crippen molar-refractivity contribution in [2.24, 2.45) is 5.92 Å². The Morgan fingerprint density at radius 3 is 2.55 bits per heavy atom. The molecular formula is C27H27ClN4O6. The molecule has 0 spiro atoms. The molecule has 1 saturated heterocycles. The summed E-state index contributed by atoms with van der Waals surface area (Å²) in [6, 6.07) is 14.1. The number of carbonyl (C=O) groups excluding carboxylic acids is 5. The number of benzene rings is 2. The van der Waals surface area contributed by atoms with Crippen LogP contribution < -0.4 is 21.3 Å². The predicted molar refractivity (Wildman–Crippen MR) is 139 cm³/mol. The minimum absolute atomic E-state index is 0.0343. The molecule has 1 fully saturated rings. The molecule has 11 heteroatoms. The molecule has 3 aromatic rings. The standard InChI is InChI=1S/C27H27ClN4O6/c28-19-9-7-16(8-10-19)14-30-27(37)24(34)20(12-18-5-3-11-29-25(18)35)32-23(33)15-31-26(36)22-13-17-4-1-2-6-21(17)38-22/h1-2,4,6-10,13,18,20H,3,5,11-12,14-15H2,(H,29,35)(H,30,37)(H,31,36)(H,32,33)/t18-,20?/m0/s1. The summed E-state index contributed by atoms with van der Waals surface area (Å²) in [5.41, 5.74) is 1.26. The molecule has 2 aromatic carbocycles. The second kappa shape index (κ2) is 12.4. The fourth-order valence-electron chi connectivity index (χ4n) is 4.19. The molecule has 1 aromatic heterocycles. The summed E-state index contributed by atoms with van der Waals surface area (Å²) in [4.78, 5) is 63.1. The van der Waals surface area contributed by atoms with E-state index in [-0.39, 0.29) is 24.6 Å². The average Bonchev–Trinajstić information content (AvgIpc) is 3.36. The Hall–Kier alpha value is -4.18. The number of carbonyl (C=O) groups is 5. The van der Waals surface area contributed by atoms with Gasteiger partial charge in [-0.2, -0.15) is 0 Å². The van der Waals surface area contributed by atoms with Crippen molar-refractivity contribution in [1.82, 2.24) is 21.3 Å². The lowest BCUT2D eigenvalue weighted by Gasteiger charge is -2.26. The van der Waals surface area contributed by atoms with Crippen LogP contribution in [0, 0.1) is 5.92 Å². The number of fused-ring (bicyclic) bond motifs is 1. The fraction of sp³-hybridized carbons (Fsp3) is 0.296. The third-order valence-corrected chi connectivity index (χ3v) is 6.47. The zero-order valence-corrected chi connectivity index (χ0v) is 21.2. The summed E-state index contributed by atoms with van der Waals surface area (Å²) in [5, 5.41) is 11.5. The van der Waals surface area contributed by atoms with Crippen molar-refractivity contribution in [3.63, 3.8) is 0 Å². The SMILES string of the molecule is O=C(CNC(=O)c1cc2ccccc2o1)NC(C[C@@H]1CCCNC1=O)C(=O)C(=O)NCc1ccc(Cl)cc1. The first-order valence-corrected chi connectivity index (χ1v) is 12.6. The van der Waals surface area contributed by atoms with Gasteiger partial charge in [-0.1, -0.05) is 41.9 Å². The Morgan fingerprint density at radius 2 is 1.82 bits per heavy atom. The largest absolute Gasteiger partial charge is 0.451 e. The average molecular weight is 539 g/mol. The normalized spacial score (nSPS) is 15.8. The highest BCUT2D eigenvalue weighted by molar-refractivity contribution is 6.38. The van der Waals surface area contributed by atoms with Crippen LogP contribution in [0.2, 0.25) is 5.02 Å². The third kappa shape index (κ3) is 6.98. The van der Waals surface area contributed by atoms with Crippen LogP contribution in [0.5, 0.6) is 0 Å². The zero-order valence-electron chi connectivity index (χ0n) is 20.4. The van der Waals surface area contributed by atoms with Crippen LogP contribution in [0.25, 0.3) is 11.0 Å². The van der Waals surface area contributed by atoms with Crippen molar-refractivity contribution in [3.05, 3.63) is 70.9 Å². The van der Waals surface area contributed by atoms with Gasteiger partial charge < -0.3 is 25.7 Å². The topological polar surface area (TPSA) is 147 Å². The highest BCUT2D eigenvalue weighted by Crippen LogP contribution is 2.19. The molecule has 4 rings (SSSR count). The molecule has 2 atom stereocenters. The van der Waals surface area contributed by atoms with Crippen LogP contribution in [-0.4, -0.2) is 48.5 Å². The van der Waals surface area contributed by atoms with Gasteiger partial charge in [-0.25, -0.2) is 0 Å². The van der Waals surface area contributed by atoms with E-state index in [0.717, 1.165) is 17.4 Å². The number of halogens is 1. The van der Waals surface area contributed by atoms with Crippen molar-refractivity contribution < 1.29 is 28.4 Å². The van der Waals surface area contributed by atoms with Crippen LogP contribution in [0.15, 0.2) is 59.0 Å². The quantitative estimate of drug-likeness (QED) is 0.291. The molecule has 2 heterocycles. The van der Waals surface area contributed by atoms with Gasteiger partial charge >= 0.3 is 0 Å². The van der Waals surface area contributed by atoms with E-state index in [1.165, 1.54) is 0 Å². The second-order valence-corrected chi connectivity index (χ2v) is 9.43. The van der Waals surface area contributed by atoms with Crippen molar-refractivity contribution in [1.29, 1.82) is 0 Å². The van der Waals surface area contributed by atoms with E-state index in [1.54, 1.807) is 48.5 Å². The Kier molecular flexibility index (Phi) is 8.75. The maximum absolute atomic E-state index is 13.0. The number of ketones is 1. The van der Waals surface area contributed by atoms with Gasteiger partial charge in [-0.3, -0.25) is 24.0 Å². The fourth-order valence-corrected chi connectivity index (χ4v) is 4.32. The van der Waals surface area contributed by atoms with E-state index >= 15 is 0 Å². The second-order valence-electron chi connectivity index (χ2n) is 8.99. The summed E-state index contributed by atoms with van der Waals surface area (Å²) in [6.07, 6.45) is 1.21. The molecule has 1 aliphatic rings. The van der Waals surface area contributed by atoms with Crippen molar-refractivity contribution in [3.8, 4) is 0 Å². The lowest BCUT2D eigenvalue weighted by atomic mass is 9.90. The lowest BCUT2D eigenvalue weighted by molar-refractivity contribution is -0.141. The van der Waals surface area contributed by atoms with Crippen LogP contribution in [0.1, 0.15) is 35.4 Å². The lowest BCUT2D eigenvalue weighted by Crippen LogP contribution is -2.52. The van der Waals surface area contributed by atoms with Gasteiger partial charge in [0.25, 0.3) is 11.8 Å². The molecule has 4 N–H and O–H groups in total. The van der Waals surface area contributed by atoms with Gasteiger partial charge in [0.15, 0.2) is 5.76 Å². The summed E-state index contributed by atoms with van der Waals surface area (Å²) in [5.74, 6) is -3.80. The molecule has 4 amide bonds. The Morgan fingerprint density at radius 1 is 1.05 bits per heavy atom. The number of piperidine rings is 1. The number of nitrogens with one attached hydrogen (secondary N) is 4. The van der Waals surface area contributed by atoms with E-state index in [0.29, 0.717) is 23.6 Å². The van der Waals surface area contributed by atoms with Crippen molar-refractivity contribution in [2.75, 3.05) is 13.1 Å². The van der Waals surface area contributed by atoms with E-state index in [1.807, 2.05) is 6.07 Å². The molecule has 0 aliphatic carbocycles. The first-order valence-electron chi connectivity index (χ1n) is 12.2. The highest BCUT2D eigenvalue weighted by Gasteiger charge is 2.33. The van der Waals surface area contributed by atoms with Crippen LogP contribution in [0.3, 0.4) is 0 Å². The van der Waals surface area contributed by atoms with E-state index in [2.05, 4.69) is 21.3 Å². The molecule has 0 bridgehead atoms. The first-order chi connectivity index (χ1) is 18.3. The summed E-state index contributed by atoms with van der Waals surface area (Å²) >= 11 is 5.87. The molecule has 0 radical (unpaired) electrons. The highest BCUT2D eigenvalue weighted by atomic mass is 35.5. The number of hydrogen-bond acceptors (Lipinski definition) is 6. The number of hydrogen-bond donors (Lipinski definition) is 4. The minimum Gasteiger partial charge on any atom is -0.451 e. The van der Waals surface area contributed by atoms with Gasteiger partial charge in [0, 0.05) is 29.4 Å². The Labute approximate surface area is 223 Å². The predicted octanol–water partition coefficient (Wildman–Crippen LogP) is 2.10. The zero-order chi connectivity index (χ0) is 27.1. The number of para-hydroxylation sites is 1. The number of Topliss-reactive ketones (excluding diaryl/α,β-unsaturated/α-hetero) is 1. The molecular weight excluding hydrogens is 512 g/mol. The third-order valence-electron chi connectivity index (χ3n) is 6.22. The van der Waals surface area contributed by atoms with E-state index in [4.69, 9.17) is 16.0 Å². The molecule has 1 unspecified atom stereocenters. The van der Waals surface area contributed by atoms with Gasteiger partial charge in [-0.05, 0) is 49.1 Å². The van der Waals surface area contributed by atoms with Crippen molar-refractivity contribution in [2.45, 2.75) is 31.8 Å². The van der Waals surface area contributed by atoms with Gasteiger partial charge in [0.2, 0.25) is 17.6 Å².